The lowest BCUT2D eigenvalue weighted by Crippen LogP contribution is -2.45. The lowest BCUT2D eigenvalue weighted by molar-refractivity contribution is -0.137. The summed E-state index contributed by atoms with van der Waals surface area (Å²) in [6, 6.07) is 13.7. The van der Waals surface area contributed by atoms with Crippen molar-refractivity contribution in [1.29, 1.82) is 0 Å². The van der Waals surface area contributed by atoms with Gasteiger partial charge in [-0.05, 0) is 55.7 Å². The average molecular weight is 450 g/mol. The standard InChI is InChI=1S/C24H27N5O2S/c30-23(27-13-5-2-6-14-27)18-11-15-28(16-12-18)24(31)21-25-22(20-10-7-17-32-20)29(26-21)19-8-3-1-4-9-19/h1,3-4,7-10,17-18H,2,5-6,11-16H2. The highest BCUT2D eigenvalue weighted by Gasteiger charge is 2.32. The smallest absolute Gasteiger partial charge is 0.293 e. The Morgan fingerprint density at radius 3 is 2.31 bits per heavy atom. The second-order valence-corrected chi connectivity index (χ2v) is 9.38. The number of benzene rings is 1. The van der Waals surface area contributed by atoms with Gasteiger partial charge < -0.3 is 9.80 Å². The van der Waals surface area contributed by atoms with E-state index in [0.29, 0.717) is 31.8 Å². The van der Waals surface area contributed by atoms with E-state index in [-0.39, 0.29) is 23.6 Å². The number of likely N-dealkylation sites (tertiary alicyclic amines) is 2. The number of amides is 2. The molecule has 166 valence electrons. The zero-order valence-corrected chi connectivity index (χ0v) is 18.8. The second-order valence-electron chi connectivity index (χ2n) is 8.44. The van der Waals surface area contributed by atoms with Gasteiger partial charge in [0, 0.05) is 32.1 Å². The summed E-state index contributed by atoms with van der Waals surface area (Å²) >= 11 is 1.57. The summed E-state index contributed by atoms with van der Waals surface area (Å²) in [7, 11) is 0. The molecule has 0 radical (unpaired) electrons. The molecule has 0 N–H and O–H groups in total. The van der Waals surface area contributed by atoms with Crippen molar-refractivity contribution in [3.63, 3.8) is 0 Å². The number of nitrogens with zero attached hydrogens (tertiary/aromatic N) is 5. The number of thiophene rings is 1. The molecule has 0 spiro atoms. The van der Waals surface area contributed by atoms with Crippen LogP contribution in [0.2, 0.25) is 0 Å². The van der Waals surface area contributed by atoms with E-state index in [0.717, 1.165) is 36.5 Å². The molecule has 0 atom stereocenters. The molecule has 32 heavy (non-hydrogen) atoms. The van der Waals surface area contributed by atoms with E-state index in [1.54, 1.807) is 20.9 Å². The molecule has 2 aromatic heterocycles. The third-order valence-electron chi connectivity index (χ3n) is 6.34. The maximum Gasteiger partial charge on any atom is 0.293 e. The number of carbonyl (C=O) groups excluding carboxylic acids is 2. The monoisotopic (exact) mass is 449 g/mol. The lowest BCUT2D eigenvalue weighted by Gasteiger charge is -2.35. The first kappa shape index (κ1) is 20.9. The third-order valence-corrected chi connectivity index (χ3v) is 7.21. The van der Waals surface area contributed by atoms with Crippen LogP contribution in [-0.4, -0.2) is 62.6 Å². The predicted octanol–water partition coefficient (Wildman–Crippen LogP) is 3.86. The van der Waals surface area contributed by atoms with Crippen molar-refractivity contribution in [2.24, 2.45) is 5.92 Å². The van der Waals surface area contributed by atoms with Crippen LogP contribution >= 0.6 is 11.3 Å². The molecule has 2 amide bonds. The second kappa shape index (κ2) is 9.24. The Labute approximate surface area is 191 Å². The van der Waals surface area contributed by atoms with Gasteiger partial charge in [0.2, 0.25) is 11.7 Å². The number of aromatic nitrogens is 3. The van der Waals surface area contributed by atoms with Crippen molar-refractivity contribution < 1.29 is 9.59 Å². The zero-order chi connectivity index (χ0) is 21.9. The molecule has 0 unspecified atom stereocenters. The van der Waals surface area contributed by atoms with Gasteiger partial charge in [0.1, 0.15) is 0 Å². The molecule has 4 heterocycles. The molecule has 1 aromatic carbocycles. The van der Waals surface area contributed by atoms with Crippen LogP contribution in [0.3, 0.4) is 0 Å². The van der Waals surface area contributed by atoms with Crippen LogP contribution in [-0.2, 0) is 4.79 Å². The van der Waals surface area contributed by atoms with Crippen molar-refractivity contribution >= 4 is 23.2 Å². The number of carbonyl (C=O) groups is 2. The summed E-state index contributed by atoms with van der Waals surface area (Å²) in [5, 5.41) is 6.58. The molecule has 3 aromatic rings. The van der Waals surface area contributed by atoms with Crippen LogP contribution in [0.5, 0.6) is 0 Å². The quantitative estimate of drug-likeness (QED) is 0.606. The molecular formula is C24H27N5O2S. The van der Waals surface area contributed by atoms with Crippen molar-refractivity contribution in [1.82, 2.24) is 24.6 Å². The summed E-state index contributed by atoms with van der Waals surface area (Å²) in [5.41, 5.74) is 0.869. The van der Waals surface area contributed by atoms with Gasteiger partial charge in [-0.2, -0.15) is 0 Å². The van der Waals surface area contributed by atoms with Crippen molar-refractivity contribution in [3.8, 4) is 16.4 Å². The highest BCUT2D eigenvalue weighted by atomic mass is 32.1. The van der Waals surface area contributed by atoms with Gasteiger partial charge >= 0.3 is 0 Å². The van der Waals surface area contributed by atoms with Crippen LogP contribution < -0.4 is 0 Å². The molecule has 0 bridgehead atoms. The topological polar surface area (TPSA) is 71.3 Å². The van der Waals surface area contributed by atoms with Gasteiger partial charge in [-0.3, -0.25) is 9.59 Å². The highest BCUT2D eigenvalue weighted by molar-refractivity contribution is 7.13. The third kappa shape index (κ3) is 4.19. The Kier molecular flexibility index (Phi) is 6.03. The Hall–Kier alpha value is -3.00. The van der Waals surface area contributed by atoms with E-state index in [4.69, 9.17) is 0 Å². The summed E-state index contributed by atoms with van der Waals surface area (Å²) in [4.78, 5) is 35.5. The summed E-state index contributed by atoms with van der Waals surface area (Å²) in [6.45, 7) is 2.89. The van der Waals surface area contributed by atoms with Crippen LogP contribution in [0.1, 0.15) is 42.7 Å². The zero-order valence-electron chi connectivity index (χ0n) is 18.0. The van der Waals surface area contributed by atoms with E-state index >= 15 is 0 Å². The van der Waals surface area contributed by atoms with Crippen molar-refractivity contribution in [2.75, 3.05) is 26.2 Å². The fraction of sp³-hybridized carbons (Fsp3) is 0.417. The SMILES string of the molecule is O=C(c1nc(-c2cccs2)n(-c2ccccc2)n1)N1CCC(C(=O)N2CCCCC2)CC1. The molecule has 8 heteroatoms. The van der Waals surface area contributed by atoms with E-state index in [1.165, 1.54) is 6.42 Å². The maximum absolute atomic E-state index is 13.2. The number of hydrogen-bond acceptors (Lipinski definition) is 5. The minimum absolute atomic E-state index is 0.0219. The predicted molar refractivity (Wildman–Crippen MR) is 124 cm³/mol. The van der Waals surface area contributed by atoms with Crippen LogP contribution in [0.25, 0.3) is 16.4 Å². The number of hydrogen-bond donors (Lipinski definition) is 0. The minimum atomic E-state index is -0.165. The van der Waals surface area contributed by atoms with Crippen molar-refractivity contribution in [3.05, 3.63) is 53.7 Å². The molecule has 2 aliphatic rings. The normalized spacial score (nSPS) is 17.5. The molecule has 7 nitrogen and oxygen atoms in total. The van der Waals surface area contributed by atoms with Gasteiger partial charge in [-0.15, -0.1) is 16.4 Å². The summed E-state index contributed by atoms with van der Waals surface area (Å²) in [6.07, 6.45) is 4.83. The van der Waals surface area contributed by atoms with E-state index in [2.05, 4.69) is 10.1 Å². The first-order chi connectivity index (χ1) is 15.7. The van der Waals surface area contributed by atoms with Crippen LogP contribution in [0, 0.1) is 5.92 Å². The Bertz CT molecular complexity index is 1070. The molecule has 2 fully saturated rings. The first-order valence-electron chi connectivity index (χ1n) is 11.3. The van der Waals surface area contributed by atoms with Gasteiger partial charge in [0.25, 0.3) is 5.91 Å². The van der Waals surface area contributed by atoms with E-state index < -0.39 is 0 Å². The maximum atomic E-state index is 13.2. The average Bonchev–Trinajstić information content (AvgIpc) is 3.55. The molecule has 2 saturated heterocycles. The Morgan fingerprint density at radius 2 is 1.62 bits per heavy atom. The summed E-state index contributed by atoms with van der Waals surface area (Å²) < 4.78 is 1.74. The van der Waals surface area contributed by atoms with Gasteiger partial charge in [0.15, 0.2) is 5.82 Å². The van der Waals surface area contributed by atoms with Crippen LogP contribution in [0.4, 0.5) is 0 Å². The molecule has 0 aliphatic carbocycles. The lowest BCUT2D eigenvalue weighted by atomic mass is 9.94. The molecule has 0 saturated carbocycles. The summed E-state index contributed by atoms with van der Waals surface area (Å²) in [5.74, 6) is 1.00. The van der Waals surface area contributed by atoms with Crippen LogP contribution in [0.15, 0.2) is 47.8 Å². The largest absolute Gasteiger partial charge is 0.342 e. The Balaban J connectivity index is 1.31. The van der Waals surface area contributed by atoms with E-state index in [9.17, 15) is 9.59 Å². The Morgan fingerprint density at radius 1 is 0.875 bits per heavy atom. The van der Waals surface area contributed by atoms with E-state index in [1.807, 2.05) is 52.7 Å². The highest BCUT2D eigenvalue weighted by Crippen LogP contribution is 2.27. The first-order valence-corrected chi connectivity index (χ1v) is 12.2. The molecule has 2 aliphatic heterocycles. The number of para-hydroxylation sites is 1. The van der Waals surface area contributed by atoms with Crippen molar-refractivity contribution in [2.45, 2.75) is 32.1 Å². The number of rotatable bonds is 4. The number of piperidine rings is 2. The van der Waals surface area contributed by atoms with Gasteiger partial charge in [-0.25, -0.2) is 9.67 Å². The fourth-order valence-electron chi connectivity index (χ4n) is 4.56. The van der Waals surface area contributed by atoms with Gasteiger partial charge in [0.05, 0.1) is 10.6 Å². The molecule has 5 rings (SSSR count). The fourth-order valence-corrected chi connectivity index (χ4v) is 5.26. The van der Waals surface area contributed by atoms with Gasteiger partial charge in [-0.1, -0.05) is 24.3 Å². The minimum Gasteiger partial charge on any atom is -0.342 e. The molecular weight excluding hydrogens is 422 g/mol.